The number of β-amino-alcohol motifs (C(OH)–C–C–N with tert-alkyl or cyclic N) is 1. The number of sulfonamides is 1. The van der Waals surface area contributed by atoms with Crippen molar-refractivity contribution in [2.75, 3.05) is 32.7 Å². The van der Waals surface area contributed by atoms with E-state index in [4.69, 9.17) is 11.6 Å². The van der Waals surface area contributed by atoms with Gasteiger partial charge in [0.2, 0.25) is 15.9 Å². The molecule has 0 aromatic heterocycles. The molecule has 25 heavy (non-hydrogen) atoms. The molecule has 0 aliphatic carbocycles. The topological polar surface area (TPSA) is 89.9 Å². The smallest absolute Gasteiger partial charge is 0.243 e. The van der Waals surface area contributed by atoms with Crippen LogP contribution in [0.25, 0.3) is 0 Å². The fraction of sp³-hybridized carbons (Fsp3) is 0.533. The maximum Gasteiger partial charge on any atom is 0.243 e. The minimum Gasteiger partial charge on any atom is -0.392 e. The summed E-state index contributed by atoms with van der Waals surface area (Å²) in [6.07, 6.45) is -0.0942. The quantitative estimate of drug-likeness (QED) is 0.749. The summed E-state index contributed by atoms with van der Waals surface area (Å²) >= 11 is 5.88. The predicted molar refractivity (Wildman–Crippen MR) is 96.5 cm³/mol. The first-order valence-electron chi connectivity index (χ1n) is 7.84. The molecule has 2 heterocycles. The molecule has 1 aromatic carbocycles. The minimum absolute atomic E-state index is 0. The first-order valence-corrected chi connectivity index (χ1v) is 9.65. The van der Waals surface area contributed by atoms with Gasteiger partial charge in [0.15, 0.2) is 0 Å². The van der Waals surface area contributed by atoms with Crippen molar-refractivity contribution in [2.24, 2.45) is 0 Å². The minimum atomic E-state index is -3.61. The van der Waals surface area contributed by atoms with Crippen LogP contribution in [0.5, 0.6) is 0 Å². The Morgan fingerprint density at radius 1 is 1.24 bits per heavy atom. The van der Waals surface area contributed by atoms with Gasteiger partial charge in [-0.3, -0.25) is 4.79 Å². The number of halogens is 2. The van der Waals surface area contributed by atoms with Crippen LogP contribution in [0, 0.1) is 0 Å². The zero-order valence-corrected chi connectivity index (χ0v) is 15.9. The van der Waals surface area contributed by atoms with Crippen LogP contribution in [0.3, 0.4) is 0 Å². The van der Waals surface area contributed by atoms with Crippen LogP contribution >= 0.6 is 24.0 Å². The Bertz CT molecular complexity index is 723. The first kappa shape index (κ1) is 20.4. The molecule has 0 spiro atoms. The van der Waals surface area contributed by atoms with Gasteiger partial charge in [-0.2, -0.15) is 4.31 Å². The van der Waals surface area contributed by atoms with Crippen molar-refractivity contribution in [1.82, 2.24) is 14.5 Å². The number of aliphatic hydroxyl groups excluding tert-OH is 1. The van der Waals surface area contributed by atoms with E-state index in [0.717, 1.165) is 0 Å². The van der Waals surface area contributed by atoms with E-state index in [2.05, 4.69) is 5.32 Å². The maximum absolute atomic E-state index is 12.6. The lowest BCUT2D eigenvalue weighted by molar-refractivity contribution is -0.134. The van der Waals surface area contributed by atoms with E-state index in [1.54, 1.807) is 17.0 Å². The van der Waals surface area contributed by atoms with Crippen molar-refractivity contribution in [3.05, 3.63) is 29.3 Å². The number of hydrogen-bond acceptors (Lipinski definition) is 5. The molecule has 0 radical (unpaired) electrons. The number of benzene rings is 1. The lowest BCUT2D eigenvalue weighted by Crippen LogP contribution is -2.54. The highest BCUT2D eigenvalue weighted by Gasteiger charge is 2.35. The third-order valence-electron chi connectivity index (χ3n) is 4.39. The summed E-state index contributed by atoms with van der Waals surface area (Å²) in [5.74, 6) is -0.0775. The average Bonchev–Trinajstić information content (AvgIpc) is 3.01. The van der Waals surface area contributed by atoms with E-state index in [1.165, 1.54) is 16.4 Å². The highest BCUT2D eigenvalue weighted by Crippen LogP contribution is 2.21. The molecule has 140 valence electrons. The summed E-state index contributed by atoms with van der Waals surface area (Å²) < 4.78 is 26.6. The largest absolute Gasteiger partial charge is 0.392 e. The highest BCUT2D eigenvalue weighted by molar-refractivity contribution is 7.89. The molecule has 2 fully saturated rings. The molecule has 2 N–H and O–H groups in total. The van der Waals surface area contributed by atoms with Gasteiger partial charge in [-0.25, -0.2) is 8.42 Å². The highest BCUT2D eigenvalue weighted by atomic mass is 35.5. The van der Waals surface area contributed by atoms with Crippen molar-refractivity contribution >= 4 is 39.9 Å². The predicted octanol–water partition coefficient (Wildman–Crippen LogP) is 0.317. The summed E-state index contributed by atoms with van der Waals surface area (Å²) in [6.45, 7) is 1.59. The SMILES string of the molecule is Cl.O=C(C1CC(O)CN1)N1CCN(S(=O)(=O)c2cccc(Cl)c2)CC1. The first-order chi connectivity index (χ1) is 11.4. The molecule has 3 rings (SSSR count). The molecule has 1 amide bonds. The Morgan fingerprint density at radius 3 is 2.48 bits per heavy atom. The molecule has 7 nitrogen and oxygen atoms in total. The number of hydrogen-bond donors (Lipinski definition) is 2. The molecular formula is C15H21Cl2N3O4S. The van der Waals surface area contributed by atoms with Crippen LogP contribution in [0.1, 0.15) is 6.42 Å². The van der Waals surface area contributed by atoms with Gasteiger partial charge in [0.1, 0.15) is 0 Å². The van der Waals surface area contributed by atoms with E-state index in [-0.39, 0.29) is 42.3 Å². The number of amides is 1. The van der Waals surface area contributed by atoms with Gasteiger partial charge in [0, 0.05) is 37.7 Å². The fourth-order valence-electron chi connectivity index (χ4n) is 3.05. The van der Waals surface area contributed by atoms with Gasteiger partial charge in [-0.15, -0.1) is 12.4 Å². The van der Waals surface area contributed by atoms with E-state index in [0.29, 0.717) is 31.1 Å². The van der Waals surface area contributed by atoms with Crippen LogP contribution in [0.2, 0.25) is 5.02 Å². The van der Waals surface area contributed by atoms with Crippen molar-refractivity contribution < 1.29 is 18.3 Å². The maximum atomic E-state index is 12.6. The lowest BCUT2D eigenvalue weighted by atomic mass is 10.1. The molecule has 2 aliphatic heterocycles. The second-order valence-corrected chi connectivity index (χ2v) is 8.41. The van der Waals surface area contributed by atoms with Gasteiger partial charge < -0.3 is 15.3 Å². The zero-order valence-electron chi connectivity index (χ0n) is 13.5. The van der Waals surface area contributed by atoms with Gasteiger partial charge >= 0.3 is 0 Å². The van der Waals surface area contributed by atoms with E-state index >= 15 is 0 Å². The Balaban J connectivity index is 0.00000225. The number of nitrogens with one attached hydrogen (secondary N) is 1. The Morgan fingerprint density at radius 2 is 1.92 bits per heavy atom. The molecule has 0 bridgehead atoms. The Kier molecular flexibility index (Phi) is 6.69. The van der Waals surface area contributed by atoms with Gasteiger partial charge in [-0.1, -0.05) is 17.7 Å². The molecule has 2 saturated heterocycles. The third kappa shape index (κ3) is 4.45. The van der Waals surface area contributed by atoms with Crippen molar-refractivity contribution in [2.45, 2.75) is 23.5 Å². The monoisotopic (exact) mass is 409 g/mol. The Hall–Kier alpha value is -0.900. The molecule has 2 aliphatic rings. The van der Waals surface area contributed by atoms with Crippen LogP contribution in [-0.2, 0) is 14.8 Å². The number of piperazine rings is 1. The van der Waals surface area contributed by atoms with Crippen molar-refractivity contribution in [1.29, 1.82) is 0 Å². The number of carbonyl (C=O) groups excluding carboxylic acids is 1. The van der Waals surface area contributed by atoms with Crippen LogP contribution in [0.15, 0.2) is 29.2 Å². The number of aliphatic hydroxyl groups is 1. The van der Waals surface area contributed by atoms with Gasteiger partial charge in [0.25, 0.3) is 0 Å². The second kappa shape index (κ2) is 8.20. The summed E-state index contributed by atoms with van der Waals surface area (Å²) in [5.41, 5.74) is 0. The zero-order chi connectivity index (χ0) is 17.3. The van der Waals surface area contributed by atoms with Crippen molar-refractivity contribution in [3.8, 4) is 0 Å². The van der Waals surface area contributed by atoms with Crippen molar-refractivity contribution in [3.63, 3.8) is 0 Å². The number of rotatable bonds is 3. The summed E-state index contributed by atoms with van der Waals surface area (Å²) in [6, 6.07) is 5.80. The summed E-state index contributed by atoms with van der Waals surface area (Å²) in [7, 11) is -3.61. The van der Waals surface area contributed by atoms with E-state index in [1.807, 2.05) is 0 Å². The summed E-state index contributed by atoms with van der Waals surface area (Å²) in [4.78, 5) is 14.2. The van der Waals surface area contributed by atoms with Crippen LogP contribution in [-0.4, -0.2) is 73.5 Å². The number of carbonyl (C=O) groups is 1. The molecule has 2 unspecified atom stereocenters. The van der Waals surface area contributed by atoms with E-state index in [9.17, 15) is 18.3 Å². The fourth-order valence-corrected chi connectivity index (χ4v) is 4.77. The standard InChI is InChI=1S/C15H20ClN3O4S.ClH/c16-11-2-1-3-13(8-11)24(22,23)19-6-4-18(5-7-19)15(21)14-9-12(20)10-17-14;/h1-3,8,12,14,17,20H,4-7,9-10H2;1H. The van der Waals surface area contributed by atoms with Gasteiger partial charge in [-0.05, 0) is 24.6 Å². The third-order valence-corrected chi connectivity index (χ3v) is 6.52. The molecule has 2 atom stereocenters. The normalized spacial score (nSPS) is 24.8. The van der Waals surface area contributed by atoms with Crippen LogP contribution in [0.4, 0.5) is 0 Å². The second-order valence-electron chi connectivity index (χ2n) is 6.04. The summed E-state index contributed by atoms with van der Waals surface area (Å²) in [5, 5.41) is 12.9. The van der Waals surface area contributed by atoms with E-state index < -0.39 is 16.1 Å². The Labute approximate surface area is 158 Å². The number of nitrogens with zero attached hydrogens (tertiary/aromatic N) is 2. The lowest BCUT2D eigenvalue weighted by Gasteiger charge is -2.35. The molecule has 0 saturated carbocycles. The average molecular weight is 410 g/mol. The molecular weight excluding hydrogens is 389 g/mol. The van der Waals surface area contributed by atoms with Crippen LogP contribution < -0.4 is 5.32 Å². The molecule has 10 heteroatoms. The van der Waals surface area contributed by atoms with Gasteiger partial charge in [0.05, 0.1) is 17.0 Å². The molecule has 1 aromatic rings.